The molecule has 218 valence electrons. The molecule has 0 unspecified atom stereocenters. The Morgan fingerprint density at radius 2 is 1.60 bits per heavy atom. The summed E-state index contributed by atoms with van der Waals surface area (Å²) in [6.07, 6.45) is 5.54. The van der Waals surface area contributed by atoms with Crippen molar-refractivity contribution in [1.82, 2.24) is 15.2 Å². The number of halogens is 2. The van der Waals surface area contributed by atoms with E-state index in [1.54, 1.807) is 18.5 Å². The van der Waals surface area contributed by atoms with Crippen LogP contribution in [0.1, 0.15) is 39.0 Å². The third kappa shape index (κ3) is 9.77. The van der Waals surface area contributed by atoms with Crippen LogP contribution in [-0.2, 0) is 24.4 Å². The van der Waals surface area contributed by atoms with Crippen LogP contribution in [-0.4, -0.2) is 39.8 Å². The van der Waals surface area contributed by atoms with Gasteiger partial charge in [-0.3, -0.25) is 14.7 Å². The van der Waals surface area contributed by atoms with Gasteiger partial charge in [0.25, 0.3) is 5.91 Å². The Labute approximate surface area is 267 Å². The second-order valence-corrected chi connectivity index (χ2v) is 11.1. The average Bonchev–Trinajstić information content (AvgIpc) is 2.95. The van der Waals surface area contributed by atoms with Crippen molar-refractivity contribution in [3.63, 3.8) is 0 Å². The number of thioether (sulfide) groups is 1. The molecule has 0 bridgehead atoms. The van der Waals surface area contributed by atoms with Crippen LogP contribution in [0.15, 0.2) is 85.2 Å². The summed E-state index contributed by atoms with van der Waals surface area (Å²) in [5.74, 6) is -2.56. The maximum absolute atomic E-state index is 14.0. The van der Waals surface area contributed by atoms with Gasteiger partial charge in [0, 0.05) is 43.7 Å². The van der Waals surface area contributed by atoms with E-state index < -0.39 is 29.6 Å². The molecule has 0 aliphatic carbocycles. The molecular formula is C33H32F2LiN3O3S. The van der Waals surface area contributed by atoms with E-state index in [0.717, 1.165) is 28.3 Å². The molecule has 10 heteroatoms. The minimum atomic E-state index is -1.33. The molecule has 6 nitrogen and oxygen atoms in total. The molecule has 43 heavy (non-hydrogen) atoms. The second kappa shape index (κ2) is 16.4. The second-order valence-electron chi connectivity index (χ2n) is 10.1. The van der Waals surface area contributed by atoms with E-state index in [1.165, 1.54) is 23.9 Å². The van der Waals surface area contributed by atoms with Gasteiger partial charge in [-0.15, -0.1) is 0 Å². The number of benzene rings is 3. The Balaban J connectivity index is 0.00000506. The number of aromatic nitrogens is 1. The van der Waals surface area contributed by atoms with Gasteiger partial charge in [0.1, 0.15) is 11.6 Å². The molecule has 0 saturated carbocycles. The maximum Gasteiger partial charge on any atom is 1.00 e. The standard InChI is InChI=1S/C33H33F2N3O3S.Li/c1-22-6-3-4-8-28(22)30-16-23(9-10-29(30)32(39)37-31(33(40)41)11-13-42-2)19-38(20-24-7-5-12-36-18-24)21-25-14-26(34)17-27(35)15-25;/h3-10,12,14-18,31H,11,13,19-21H2,1-2H3,(H,37,39)(H,40,41);/q;+1/p-1/t31-;/m0./s1. The zero-order valence-corrected chi connectivity index (χ0v) is 25.3. The largest absolute Gasteiger partial charge is 1.00 e. The smallest absolute Gasteiger partial charge is 0.548 e. The first-order valence-electron chi connectivity index (χ1n) is 13.5. The fourth-order valence-corrected chi connectivity index (χ4v) is 5.31. The van der Waals surface area contributed by atoms with Crippen molar-refractivity contribution >= 4 is 23.6 Å². The molecule has 0 aliphatic heterocycles. The van der Waals surface area contributed by atoms with Crippen LogP contribution >= 0.6 is 11.8 Å². The Morgan fingerprint density at radius 1 is 0.907 bits per heavy atom. The summed E-state index contributed by atoms with van der Waals surface area (Å²) in [6, 6.07) is 19.2. The summed E-state index contributed by atoms with van der Waals surface area (Å²) >= 11 is 1.49. The quantitative estimate of drug-likeness (QED) is 0.239. The monoisotopic (exact) mass is 595 g/mol. The van der Waals surface area contributed by atoms with Crippen LogP contribution in [0.2, 0.25) is 0 Å². The summed E-state index contributed by atoms with van der Waals surface area (Å²) in [7, 11) is 0. The molecule has 4 aromatic rings. The number of carboxylic acid groups (broad SMARTS) is 1. The molecule has 0 spiro atoms. The Hall–Kier alpha value is -3.48. The Bertz CT molecular complexity index is 1520. The van der Waals surface area contributed by atoms with Gasteiger partial charge in [0.15, 0.2) is 0 Å². The van der Waals surface area contributed by atoms with Crippen molar-refractivity contribution in [1.29, 1.82) is 0 Å². The van der Waals surface area contributed by atoms with E-state index in [9.17, 15) is 23.5 Å². The number of carbonyl (C=O) groups is 2. The number of hydrogen-bond acceptors (Lipinski definition) is 6. The number of aliphatic carboxylic acids is 1. The number of carbonyl (C=O) groups excluding carboxylic acids is 2. The molecule has 1 atom stereocenters. The minimum Gasteiger partial charge on any atom is -0.548 e. The topological polar surface area (TPSA) is 85.4 Å². The van der Waals surface area contributed by atoms with E-state index in [2.05, 4.69) is 10.3 Å². The first-order chi connectivity index (χ1) is 20.2. The van der Waals surface area contributed by atoms with Gasteiger partial charge in [0.2, 0.25) is 0 Å². The molecule has 1 amide bonds. The number of nitrogens with one attached hydrogen (secondary N) is 1. The Morgan fingerprint density at radius 3 is 2.26 bits per heavy atom. The van der Waals surface area contributed by atoms with Crippen molar-refractivity contribution in [2.75, 3.05) is 12.0 Å². The fourth-order valence-electron chi connectivity index (χ4n) is 4.84. The van der Waals surface area contributed by atoms with Crippen LogP contribution in [0, 0.1) is 18.6 Å². The van der Waals surface area contributed by atoms with E-state index in [1.807, 2.05) is 66.6 Å². The summed E-state index contributed by atoms with van der Waals surface area (Å²) in [5.41, 5.74) is 5.07. The number of carboxylic acids is 1. The van der Waals surface area contributed by atoms with Gasteiger partial charge in [-0.25, -0.2) is 8.78 Å². The van der Waals surface area contributed by atoms with Crippen LogP contribution in [0.25, 0.3) is 11.1 Å². The number of rotatable bonds is 13. The fraction of sp³-hybridized carbons (Fsp3) is 0.242. The van der Waals surface area contributed by atoms with Crippen molar-refractivity contribution in [2.24, 2.45) is 0 Å². The van der Waals surface area contributed by atoms with E-state index in [0.29, 0.717) is 35.5 Å². The van der Waals surface area contributed by atoms with Gasteiger partial charge in [-0.05, 0) is 89.1 Å². The van der Waals surface area contributed by atoms with Crippen LogP contribution in [0.4, 0.5) is 8.78 Å². The predicted molar refractivity (Wildman–Crippen MR) is 159 cm³/mol. The number of pyridine rings is 1. The third-order valence-electron chi connectivity index (χ3n) is 6.83. The normalized spacial score (nSPS) is 11.6. The molecule has 3 aromatic carbocycles. The molecule has 1 heterocycles. The molecule has 0 fully saturated rings. The van der Waals surface area contributed by atoms with Crippen molar-refractivity contribution in [3.05, 3.63) is 125 Å². The molecule has 1 N–H and O–H groups in total. The predicted octanol–water partition coefficient (Wildman–Crippen LogP) is 2.14. The van der Waals surface area contributed by atoms with Gasteiger partial charge in [-0.2, -0.15) is 11.8 Å². The average molecular weight is 596 g/mol. The van der Waals surface area contributed by atoms with Crippen LogP contribution in [0.3, 0.4) is 0 Å². The zero-order chi connectivity index (χ0) is 30.1. The zero-order valence-electron chi connectivity index (χ0n) is 24.5. The van der Waals surface area contributed by atoms with Gasteiger partial charge in [0.05, 0.1) is 12.0 Å². The Kier molecular flexibility index (Phi) is 13.0. The number of nitrogens with zero attached hydrogens (tertiary/aromatic N) is 2. The summed E-state index contributed by atoms with van der Waals surface area (Å²) in [4.78, 5) is 31.3. The van der Waals surface area contributed by atoms with E-state index in [4.69, 9.17) is 0 Å². The summed E-state index contributed by atoms with van der Waals surface area (Å²) in [5, 5.41) is 14.3. The van der Waals surface area contributed by atoms with Crippen molar-refractivity contribution in [2.45, 2.75) is 39.0 Å². The van der Waals surface area contributed by atoms with Gasteiger partial charge >= 0.3 is 18.9 Å². The first kappa shape index (κ1) is 34.0. The minimum absolute atomic E-state index is 0. The van der Waals surface area contributed by atoms with Gasteiger partial charge < -0.3 is 15.2 Å². The molecule has 0 saturated heterocycles. The molecule has 4 rings (SSSR count). The third-order valence-corrected chi connectivity index (χ3v) is 7.47. The molecule has 1 aromatic heterocycles. The van der Waals surface area contributed by atoms with E-state index in [-0.39, 0.29) is 31.8 Å². The number of hydrogen-bond donors (Lipinski definition) is 1. The molecule has 0 aliphatic rings. The van der Waals surface area contributed by atoms with Crippen molar-refractivity contribution < 1.29 is 42.3 Å². The number of amides is 1. The van der Waals surface area contributed by atoms with Crippen LogP contribution < -0.4 is 29.3 Å². The molecular weight excluding hydrogens is 563 g/mol. The number of aryl methyl sites for hydroxylation is 1. The SMILES string of the molecule is CSCC[C@H](NC(=O)c1ccc(CN(Cc2cccnc2)Cc2cc(F)cc(F)c2)cc1-c1ccccc1C)C(=O)[O-].[Li+]. The van der Waals surface area contributed by atoms with Gasteiger partial charge in [-0.1, -0.05) is 36.4 Å². The van der Waals surface area contributed by atoms with Crippen molar-refractivity contribution in [3.8, 4) is 11.1 Å². The van der Waals surface area contributed by atoms with E-state index >= 15 is 0 Å². The summed E-state index contributed by atoms with van der Waals surface area (Å²) in [6.45, 7) is 3.09. The molecule has 0 radical (unpaired) electrons. The maximum atomic E-state index is 14.0. The van der Waals surface area contributed by atoms with Crippen LogP contribution in [0.5, 0.6) is 0 Å². The summed E-state index contributed by atoms with van der Waals surface area (Å²) < 4.78 is 28.0. The first-order valence-corrected chi connectivity index (χ1v) is 14.9.